The van der Waals surface area contributed by atoms with Crippen LogP contribution in [0.15, 0.2) is 86.2 Å². The highest BCUT2D eigenvalue weighted by molar-refractivity contribution is 9.10. The normalized spacial score (nSPS) is 14.9. The van der Waals surface area contributed by atoms with Crippen LogP contribution in [0.25, 0.3) is 6.08 Å². The summed E-state index contributed by atoms with van der Waals surface area (Å²) in [6.45, 7) is 5.44. The molecule has 4 aromatic rings. The highest BCUT2D eigenvalue weighted by Crippen LogP contribution is 2.37. The van der Waals surface area contributed by atoms with Crippen LogP contribution in [0.2, 0.25) is 5.02 Å². The van der Waals surface area contributed by atoms with Crippen LogP contribution < -0.4 is 24.4 Å². The second kappa shape index (κ2) is 12.9. The minimum atomic E-state index is -0.856. The Hall–Kier alpha value is -3.73. The van der Waals surface area contributed by atoms with Crippen molar-refractivity contribution in [3.05, 3.63) is 124 Å². The summed E-state index contributed by atoms with van der Waals surface area (Å²) < 4.78 is 33.2. The third kappa shape index (κ3) is 6.61. The third-order valence-electron chi connectivity index (χ3n) is 6.64. The zero-order chi connectivity index (χ0) is 30.8. The molecule has 0 saturated carbocycles. The van der Waals surface area contributed by atoms with Crippen LogP contribution in [0.4, 0.5) is 4.39 Å². The first kappa shape index (κ1) is 30.7. The Labute approximate surface area is 264 Å². The number of benzene rings is 3. The van der Waals surface area contributed by atoms with E-state index in [2.05, 4.69) is 20.9 Å². The molecule has 2 heterocycles. The largest absolute Gasteiger partial charge is 0.496 e. The Morgan fingerprint density at radius 3 is 2.56 bits per heavy atom. The standard InChI is InChI=1S/C32H27BrClFN2O5S/c1-17(2)42-31(39)28-18(3)36-32-37(29(28)24-15-21(33)7-11-26(24)40-4)30(38)27(43-32)14-20-13-22(34)8-12-25(20)41-16-19-5-9-23(35)10-6-19/h5-15,17,29H,16H2,1-4H3/b27-14-/t29-/m0/s1. The van der Waals surface area contributed by atoms with Gasteiger partial charge in [-0.1, -0.05) is 51.0 Å². The van der Waals surface area contributed by atoms with Gasteiger partial charge in [-0.05, 0) is 80.9 Å². The third-order valence-corrected chi connectivity index (χ3v) is 8.35. The second-order valence-electron chi connectivity index (χ2n) is 10.0. The molecule has 0 unspecified atom stereocenters. The lowest BCUT2D eigenvalue weighted by molar-refractivity contribution is -0.143. The lowest BCUT2D eigenvalue weighted by Crippen LogP contribution is -2.40. The van der Waals surface area contributed by atoms with Crippen molar-refractivity contribution < 1.29 is 23.4 Å². The van der Waals surface area contributed by atoms with Crippen molar-refractivity contribution in [2.75, 3.05) is 7.11 Å². The van der Waals surface area contributed by atoms with Gasteiger partial charge in [-0.15, -0.1) is 0 Å². The number of rotatable bonds is 8. The number of hydrogen-bond acceptors (Lipinski definition) is 7. The first-order chi connectivity index (χ1) is 20.5. The molecule has 0 fully saturated rings. The molecule has 11 heteroatoms. The molecule has 222 valence electrons. The average molecular weight is 686 g/mol. The molecule has 43 heavy (non-hydrogen) atoms. The fourth-order valence-corrected chi connectivity index (χ4v) is 6.32. The topological polar surface area (TPSA) is 79.1 Å². The van der Waals surface area contributed by atoms with Gasteiger partial charge in [0.2, 0.25) is 0 Å². The number of fused-ring (bicyclic) bond motifs is 1. The van der Waals surface area contributed by atoms with Gasteiger partial charge in [-0.3, -0.25) is 9.36 Å². The van der Waals surface area contributed by atoms with Crippen LogP contribution in [0.1, 0.15) is 43.5 Å². The lowest BCUT2D eigenvalue weighted by atomic mass is 9.95. The molecule has 1 aromatic heterocycles. The van der Waals surface area contributed by atoms with E-state index in [0.29, 0.717) is 42.7 Å². The van der Waals surface area contributed by atoms with E-state index in [9.17, 15) is 14.0 Å². The number of allylic oxidation sites excluding steroid dienone is 1. The van der Waals surface area contributed by atoms with Crippen LogP contribution in [0.3, 0.4) is 0 Å². The molecule has 0 amide bonds. The van der Waals surface area contributed by atoms with E-state index in [-0.39, 0.29) is 29.7 Å². The van der Waals surface area contributed by atoms with Gasteiger partial charge in [0.05, 0.1) is 29.0 Å². The Kier molecular flexibility index (Phi) is 9.19. The molecule has 1 aliphatic rings. The molecular formula is C32H27BrClFN2O5S. The Bertz CT molecular complexity index is 1920. The fourth-order valence-electron chi connectivity index (χ4n) is 4.72. The Morgan fingerprint density at radius 1 is 1.14 bits per heavy atom. The van der Waals surface area contributed by atoms with Crippen LogP contribution >= 0.6 is 38.9 Å². The van der Waals surface area contributed by atoms with Gasteiger partial charge in [0.15, 0.2) is 4.80 Å². The molecule has 5 rings (SSSR count). The van der Waals surface area contributed by atoms with E-state index < -0.39 is 12.0 Å². The van der Waals surface area contributed by atoms with Crippen molar-refractivity contribution >= 4 is 50.9 Å². The van der Waals surface area contributed by atoms with Crippen molar-refractivity contribution in [2.45, 2.75) is 39.5 Å². The molecule has 0 radical (unpaired) electrons. The smallest absolute Gasteiger partial charge is 0.338 e. The van der Waals surface area contributed by atoms with E-state index in [1.807, 2.05) is 12.1 Å². The van der Waals surface area contributed by atoms with Crippen molar-refractivity contribution in [1.29, 1.82) is 0 Å². The maximum Gasteiger partial charge on any atom is 0.338 e. The van der Waals surface area contributed by atoms with E-state index >= 15 is 0 Å². The number of ether oxygens (including phenoxy) is 3. The van der Waals surface area contributed by atoms with E-state index in [1.165, 1.54) is 35.1 Å². The van der Waals surface area contributed by atoms with Crippen molar-refractivity contribution in [3.8, 4) is 11.5 Å². The molecule has 0 aliphatic carbocycles. The minimum Gasteiger partial charge on any atom is -0.496 e. The monoisotopic (exact) mass is 684 g/mol. The summed E-state index contributed by atoms with van der Waals surface area (Å²) in [5.41, 5.74) is 2.28. The first-order valence-corrected chi connectivity index (χ1v) is 15.3. The predicted molar refractivity (Wildman–Crippen MR) is 168 cm³/mol. The van der Waals surface area contributed by atoms with Crippen LogP contribution in [0.5, 0.6) is 11.5 Å². The van der Waals surface area contributed by atoms with E-state index in [4.69, 9.17) is 25.8 Å². The summed E-state index contributed by atoms with van der Waals surface area (Å²) >= 11 is 11.0. The number of hydrogen-bond donors (Lipinski definition) is 0. The number of carbonyl (C=O) groups excluding carboxylic acids is 1. The highest BCUT2D eigenvalue weighted by atomic mass is 79.9. The van der Waals surface area contributed by atoms with Gasteiger partial charge in [0, 0.05) is 20.6 Å². The van der Waals surface area contributed by atoms with Crippen LogP contribution in [-0.4, -0.2) is 23.8 Å². The van der Waals surface area contributed by atoms with Crippen LogP contribution in [-0.2, 0) is 16.1 Å². The molecule has 1 aliphatic heterocycles. The van der Waals surface area contributed by atoms with Crippen molar-refractivity contribution in [1.82, 2.24) is 4.57 Å². The molecule has 0 N–H and O–H groups in total. The highest BCUT2D eigenvalue weighted by Gasteiger charge is 2.35. The zero-order valence-corrected chi connectivity index (χ0v) is 26.8. The summed E-state index contributed by atoms with van der Waals surface area (Å²) in [7, 11) is 1.53. The SMILES string of the molecule is COc1ccc(Br)cc1[C@H]1C(C(=O)OC(C)C)=C(C)N=c2s/c(=C\c3cc(Cl)ccc3OCc3ccc(F)cc3)c(=O)n21. The van der Waals surface area contributed by atoms with E-state index in [1.54, 1.807) is 63.2 Å². The number of nitrogens with zero attached hydrogens (tertiary/aromatic N) is 2. The lowest BCUT2D eigenvalue weighted by Gasteiger charge is -2.26. The summed E-state index contributed by atoms with van der Waals surface area (Å²) in [6, 6.07) is 15.7. The minimum absolute atomic E-state index is 0.188. The number of carbonyl (C=O) groups is 1. The number of thiazole rings is 1. The Morgan fingerprint density at radius 2 is 1.86 bits per heavy atom. The molecule has 0 bridgehead atoms. The maximum atomic E-state index is 14.1. The van der Waals surface area contributed by atoms with Gasteiger partial charge >= 0.3 is 5.97 Å². The van der Waals surface area contributed by atoms with Crippen molar-refractivity contribution in [2.24, 2.45) is 4.99 Å². The average Bonchev–Trinajstić information content (AvgIpc) is 3.26. The van der Waals surface area contributed by atoms with Crippen LogP contribution in [0, 0.1) is 5.82 Å². The molecular weight excluding hydrogens is 659 g/mol. The van der Waals surface area contributed by atoms with Crippen molar-refractivity contribution in [3.63, 3.8) is 0 Å². The zero-order valence-electron chi connectivity index (χ0n) is 23.7. The number of aromatic nitrogens is 1. The maximum absolute atomic E-state index is 14.1. The summed E-state index contributed by atoms with van der Waals surface area (Å²) in [5, 5.41) is 0.458. The molecule has 3 aromatic carbocycles. The quantitative estimate of drug-likeness (QED) is 0.203. The number of methoxy groups -OCH3 is 1. The molecule has 0 saturated heterocycles. The van der Waals surface area contributed by atoms with Gasteiger partial charge in [0.1, 0.15) is 30.0 Å². The van der Waals surface area contributed by atoms with E-state index in [0.717, 1.165) is 10.0 Å². The van der Waals surface area contributed by atoms with Gasteiger partial charge in [-0.25, -0.2) is 14.2 Å². The predicted octanol–water partition coefficient (Wildman–Crippen LogP) is 6.33. The Balaban J connectivity index is 1.66. The second-order valence-corrected chi connectivity index (χ2v) is 12.4. The first-order valence-electron chi connectivity index (χ1n) is 13.3. The van der Waals surface area contributed by atoms with Gasteiger partial charge in [0.25, 0.3) is 5.56 Å². The fraction of sp³-hybridized carbons (Fsp3) is 0.219. The number of halogens is 3. The van der Waals surface area contributed by atoms with Gasteiger partial charge in [-0.2, -0.15) is 0 Å². The molecule has 0 spiro atoms. The summed E-state index contributed by atoms with van der Waals surface area (Å²) in [4.78, 5) is 32.6. The summed E-state index contributed by atoms with van der Waals surface area (Å²) in [6.07, 6.45) is 1.31. The number of esters is 1. The molecule has 1 atom stereocenters. The summed E-state index contributed by atoms with van der Waals surface area (Å²) in [5.74, 6) is 0.0885. The molecule has 7 nitrogen and oxygen atoms in total. The van der Waals surface area contributed by atoms with Gasteiger partial charge < -0.3 is 14.2 Å².